The smallest absolute Gasteiger partial charge is 0.213 e. The highest BCUT2D eigenvalue weighted by Gasteiger charge is 2.00. The van der Waals surface area contributed by atoms with Crippen molar-refractivity contribution in [1.29, 1.82) is 0 Å². The number of rotatable bonds is 2. The van der Waals surface area contributed by atoms with Crippen molar-refractivity contribution in [3.8, 4) is 0 Å². The highest BCUT2D eigenvalue weighted by Crippen LogP contribution is 2.18. The van der Waals surface area contributed by atoms with Crippen LogP contribution in [0.15, 0.2) is 30.5 Å². The molecular formula is C11H9N2O. The zero-order valence-corrected chi connectivity index (χ0v) is 7.77. The summed E-state index contributed by atoms with van der Waals surface area (Å²) >= 11 is 0. The highest BCUT2D eigenvalue weighted by molar-refractivity contribution is 5.85. The van der Waals surface area contributed by atoms with Crippen LogP contribution in [-0.2, 0) is 4.79 Å². The average molecular weight is 185 g/mol. The molecule has 0 atom stereocenters. The van der Waals surface area contributed by atoms with Gasteiger partial charge in [0, 0.05) is 30.4 Å². The van der Waals surface area contributed by atoms with Gasteiger partial charge in [0.15, 0.2) is 0 Å². The molecular weight excluding hydrogens is 176 g/mol. The summed E-state index contributed by atoms with van der Waals surface area (Å²) in [5.41, 5.74) is 1.76. The molecule has 1 aromatic heterocycles. The van der Waals surface area contributed by atoms with Gasteiger partial charge in [0.1, 0.15) is 0 Å². The van der Waals surface area contributed by atoms with Crippen LogP contribution in [0.3, 0.4) is 0 Å². The van der Waals surface area contributed by atoms with Gasteiger partial charge in [0.05, 0.1) is 5.52 Å². The van der Waals surface area contributed by atoms with Crippen LogP contribution in [0, 0.1) is 6.07 Å². The number of amides is 1. The summed E-state index contributed by atoms with van der Waals surface area (Å²) < 4.78 is 0. The van der Waals surface area contributed by atoms with E-state index in [0.29, 0.717) is 0 Å². The molecule has 0 aliphatic carbocycles. The second kappa shape index (κ2) is 3.46. The minimum atomic E-state index is 0.779. The number of fused-ring (bicyclic) bond motifs is 1. The highest BCUT2D eigenvalue weighted by atomic mass is 16.1. The first-order chi connectivity index (χ1) is 6.81. The second-order valence-corrected chi connectivity index (χ2v) is 3.03. The molecule has 0 aliphatic heterocycles. The minimum absolute atomic E-state index is 0.779. The standard InChI is InChI=1S/C11H9N2O/c1-13(8-14)10-4-5-11-9(7-10)3-2-6-12-11/h3-8H,1H3. The summed E-state index contributed by atoms with van der Waals surface area (Å²) in [6, 6.07) is 10.4. The first-order valence-electron chi connectivity index (χ1n) is 4.25. The second-order valence-electron chi connectivity index (χ2n) is 3.03. The Kier molecular flexibility index (Phi) is 2.14. The van der Waals surface area contributed by atoms with Crippen LogP contribution in [0.5, 0.6) is 0 Å². The van der Waals surface area contributed by atoms with Crippen LogP contribution in [-0.4, -0.2) is 18.4 Å². The van der Waals surface area contributed by atoms with Crippen molar-refractivity contribution in [3.63, 3.8) is 0 Å². The van der Waals surface area contributed by atoms with Crippen molar-refractivity contribution in [2.24, 2.45) is 0 Å². The van der Waals surface area contributed by atoms with E-state index in [-0.39, 0.29) is 0 Å². The lowest BCUT2D eigenvalue weighted by molar-refractivity contribution is -0.107. The van der Waals surface area contributed by atoms with E-state index in [0.717, 1.165) is 23.0 Å². The Balaban J connectivity index is 2.56. The fraction of sp³-hybridized carbons (Fsp3) is 0.0909. The molecule has 0 unspecified atom stereocenters. The summed E-state index contributed by atoms with van der Waals surface area (Å²) in [5.74, 6) is 0. The number of hydrogen-bond acceptors (Lipinski definition) is 2. The topological polar surface area (TPSA) is 33.2 Å². The SMILES string of the molecule is CN(C=O)c1ccc2nc[c]cc2c1. The Hall–Kier alpha value is -1.90. The van der Waals surface area contributed by atoms with Crippen molar-refractivity contribution < 1.29 is 4.79 Å². The van der Waals surface area contributed by atoms with E-state index in [1.165, 1.54) is 4.90 Å². The Labute approximate surface area is 82.0 Å². The van der Waals surface area contributed by atoms with Gasteiger partial charge in [-0.1, -0.05) is 0 Å². The van der Waals surface area contributed by atoms with E-state index in [4.69, 9.17) is 0 Å². The fourth-order valence-corrected chi connectivity index (χ4v) is 1.29. The maximum atomic E-state index is 10.5. The normalized spacial score (nSPS) is 10.1. The Morgan fingerprint density at radius 3 is 3.14 bits per heavy atom. The number of aromatic nitrogens is 1. The summed E-state index contributed by atoms with van der Waals surface area (Å²) in [6.45, 7) is 0. The molecule has 1 heterocycles. The van der Waals surface area contributed by atoms with Crippen LogP contribution in [0.4, 0.5) is 5.69 Å². The van der Waals surface area contributed by atoms with Gasteiger partial charge in [0.2, 0.25) is 6.41 Å². The summed E-state index contributed by atoms with van der Waals surface area (Å²) in [7, 11) is 1.72. The summed E-state index contributed by atoms with van der Waals surface area (Å²) in [5, 5.41) is 0.985. The predicted octanol–water partition coefficient (Wildman–Crippen LogP) is 1.63. The fourth-order valence-electron chi connectivity index (χ4n) is 1.29. The molecule has 1 amide bonds. The van der Waals surface area contributed by atoms with E-state index < -0.39 is 0 Å². The van der Waals surface area contributed by atoms with E-state index in [9.17, 15) is 4.79 Å². The number of carbonyl (C=O) groups is 1. The number of pyridine rings is 1. The molecule has 0 spiro atoms. The molecule has 2 aromatic rings. The van der Waals surface area contributed by atoms with Crippen LogP contribution in [0.2, 0.25) is 0 Å². The first kappa shape index (κ1) is 8.69. The van der Waals surface area contributed by atoms with Gasteiger partial charge in [-0.3, -0.25) is 9.78 Å². The molecule has 0 N–H and O–H groups in total. The van der Waals surface area contributed by atoms with E-state index in [2.05, 4.69) is 11.1 Å². The Bertz CT molecular complexity index is 468. The van der Waals surface area contributed by atoms with E-state index in [1.807, 2.05) is 24.3 Å². The zero-order valence-electron chi connectivity index (χ0n) is 7.77. The van der Waals surface area contributed by atoms with Crippen LogP contribution < -0.4 is 4.90 Å². The third-order valence-electron chi connectivity index (χ3n) is 2.09. The molecule has 0 aliphatic rings. The Morgan fingerprint density at radius 1 is 1.50 bits per heavy atom. The van der Waals surface area contributed by atoms with Gasteiger partial charge >= 0.3 is 0 Å². The van der Waals surface area contributed by atoms with Crippen molar-refractivity contribution in [2.75, 3.05) is 11.9 Å². The molecule has 14 heavy (non-hydrogen) atoms. The lowest BCUT2D eigenvalue weighted by Crippen LogP contribution is -2.13. The first-order valence-corrected chi connectivity index (χ1v) is 4.25. The molecule has 0 bridgehead atoms. The number of hydrogen-bond donors (Lipinski definition) is 0. The molecule has 1 radical (unpaired) electrons. The number of anilines is 1. The van der Waals surface area contributed by atoms with Gasteiger partial charge in [-0.2, -0.15) is 0 Å². The van der Waals surface area contributed by atoms with E-state index >= 15 is 0 Å². The van der Waals surface area contributed by atoms with Crippen LogP contribution >= 0.6 is 0 Å². The van der Waals surface area contributed by atoms with Gasteiger partial charge in [-0.15, -0.1) is 0 Å². The van der Waals surface area contributed by atoms with E-state index in [1.54, 1.807) is 13.2 Å². The van der Waals surface area contributed by atoms with Crippen LogP contribution in [0.1, 0.15) is 0 Å². The van der Waals surface area contributed by atoms with Gasteiger partial charge in [0.25, 0.3) is 0 Å². The maximum Gasteiger partial charge on any atom is 0.213 e. The predicted molar refractivity (Wildman–Crippen MR) is 55.0 cm³/mol. The van der Waals surface area contributed by atoms with Gasteiger partial charge in [-0.25, -0.2) is 0 Å². The summed E-state index contributed by atoms with van der Waals surface area (Å²) in [4.78, 5) is 16.2. The molecule has 3 nitrogen and oxygen atoms in total. The average Bonchev–Trinajstić information content (AvgIpc) is 2.27. The van der Waals surface area contributed by atoms with Crippen LogP contribution in [0.25, 0.3) is 10.9 Å². The molecule has 2 rings (SSSR count). The number of carbonyl (C=O) groups excluding carboxylic acids is 1. The number of nitrogens with zero attached hydrogens (tertiary/aromatic N) is 2. The van der Waals surface area contributed by atoms with Crippen molar-refractivity contribution in [2.45, 2.75) is 0 Å². The monoisotopic (exact) mass is 185 g/mol. The quantitative estimate of drug-likeness (QED) is 0.666. The third-order valence-corrected chi connectivity index (χ3v) is 2.09. The van der Waals surface area contributed by atoms with Gasteiger partial charge < -0.3 is 4.90 Å². The molecule has 0 saturated heterocycles. The molecule has 69 valence electrons. The zero-order chi connectivity index (χ0) is 9.97. The Morgan fingerprint density at radius 2 is 2.36 bits per heavy atom. The maximum absolute atomic E-state index is 10.5. The molecule has 0 saturated carbocycles. The largest absolute Gasteiger partial charge is 0.318 e. The van der Waals surface area contributed by atoms with Gasteiger partial charge in [-0.05, 0) is 24.3 Å². The van der Waals surface area contributed by atoms with Crippen molar-refractivity contribution >= 4 is 23.0 Å². The number of benzene rings is 1. The molecule has 1 aromatic carbocycles. The van der Waals surface area contributed by atoms with Crippen molar-refractivity contribution in [3.05, 3.63) is 36.5 Å². The minimum Gasteiger partial charge on any atom is -0.318 e. The lowest BCUT2D eigenvalue weighted by atomic mass is 10.2. The lowest BCUT2D eigenvalue weighted by Gasteiger charge is -2.10. The van der Waals surface area contributed by atoms with Crippen molar-refractivity contribution in [1.82, 2.24) is 4.98 Å². The summed E-state index contributed by atoms with van der Waals surface area (Å²) in [6.07, 6.45) is 2.41. The third kappa shape index (κ3) is 1.44. The molecule has 3 heteroatoms. The molecule has 0 fully saturated rings.